The summed E-state index contributed by atoms with van der Waals surface area (Å²) in [4.78, 5) is 0. The van der Waals surface area contributed by atoms with E-state index < -0.39 is 0 Å². The Morgan fingerprint density at radius 2 is 2.08 bits per heavy atom. The van der Waals surface area contributed by atoms with Gasteiger partial charge in [-0.15, -0.1) is 0 Å². The smallest absolute Gasteiger partial charge is 0.0666 e. The standard InChI is InChI=1S/C11H14N2/c1-10(7-12)8-13-9-11-5-3-2-4-6-11/h2-6,10,13H,8-9H2,1H3. The van der Waals surface area contributed by atoms with Crippen LogP contribution < -0.4 is 5.32 Å². The molecule has 1 rings (SSSR count). The Labute approximate surface area is 79.2 Å². The summed E-state index contributed by atoms with van der Waals surface area (Å²) in [5.41, 5.74) is 1.26. The Bertz CT molecular complexity index is 274. The van der Waals surface area contributed by atoms with Crippen LogP contribution >= 0.6 is 0 Å². The van der Waals surface area contributed by atoms with Gasteiger partial charge in [-0.05, 0) is 12.5 Å². The van der Waals surface area contributed by atoms with Crippen LogP contribution in [0.4, 0.5) is 0 Å². The summed E-state index contributed by atoms with van der Waals surface area (Å²) in [6.45, 7) is 3.51. The average molecular weight is 174 g/mol. The number of nitriles is 1. The van der Waals surface area contributed by atoms with E-state index in [1.807, 2.05) is 25.1 Å². The van der Waals surface area contributed by atoms with E-state index in [2.05, 4.69) is 23.5 Å². The number of nitrogens with one attached hydrogen (secondary N) is 1. The van der Waals surface area contributed by atoms with Gasteiger partial charge in [-0.25, -0.2) is 0 Å². The summed E-state index contributed by atoms with van der Waals surface area (Å²) < 4.78 is 0. The summed E-state index contributed by atoms with van der Waals surface area (Å²) in [6.07, 6.45) is 0. The Kier molecular flexibility index (Phi) is 4.01. The number of hydrogen-bond acceptors (Lipinski definition) is 2. The van der Waals surface area contributed by atoms with Crippen molar-refractivity contribution in [2.75, 3.05) is 6.54 Å². The van der Waals surface area contributed by atoms with E-state index in [4.69, 9.17) is 5.26 Å². The molecule has 0 amide bonds. The molecule has 0 fully saturated rings. The monoisotopic (exact) mass is 174 g/mol. The van der Waals surface area contributed by atoms with E-state index >= 15 is 0 Å². The lowest BCUT2D eigenvalue weighted by molar-refractivity contribution is 0.602. The zero-order valence-corrected chi connectivity index (χ0v) is 7.83. The van der Waals surface area contributed by atoms with E-state index in [1.165, 1.54) is 5.56 Å². The first-order valence-electron chi connectivity index (χ1n) is 4.47. The Morgan fingerprint density at radius 1 is 1.38 bits per heavy atom. The molecule has 0 aromatic heterocycles. The minimum atomic E-state index is 0.0868. The summed E-state index contributed by atoms with van der Waals surface area (Å²) >= 11 is 0. The largest absolute Gasteiger partial charge is 0.311 e. The zero-order valence-electron chi connectivity index (χ0n) is 7.83. The summed E-state index contributed by atoms with van der Waals surface area (Å²) in [5, 5.41) is 11.8. The van der Waals surface area contributed by atoms with Gasteiger partial charge in [0.25, 0.3) is 0 Å². The van der Waals surface area contributed by atoms with Crippen LogP contribution in [0.1, 0.15) is 12.5 Å². The van der Waals surface area contributed by atoms with Gasteiger partial charge >= 0.3 is 0 Å². The lowest BCUT2D eigenvalue weighted by atomic mass is 10.2. The SMILES string of the molecule is CC(C#N)CNCc1ccccc1. The van der Waals surface area contributed by atoms with Crippen LogP contribution in [-0.4, -0.2) is 6.54 Å². The highest BCUT2D eigenvalue weighted by molar-refractivity contribution is 5.14. The van der Waals surface area contributed by atoms with Crippen molar-refractivity contribution in [3.63, 3.8) is 0 Å². The van der Waals surface area contributed by atoms with Crippen molar-refractivity contribution in [1.82, 2.24) is 5.32 Å². The van der Waals surface area contributed by atoms with Crippen molar-refractivity contribution >= 4 is 0 Å². The van der Waals surface area contributed by atoms with Crippen molar-refractivity contribution < 1.29 is 0 Å². The molecule has 0 saturated carbocycles. The van der Waals surface area contributed by atoms with Crippen molar-refractivity contribution in [2.24, 2.45) is 5.92 Å². The molecule has 1 unspecified atom stereocenters. The van der Waals surface area contributed by atoms with E-state index in [0.29, 0.717) is 0 Å². The van der Waals surface area contributed by atoms with Gasteiger partial charge < -0.3 is 5.32 Å². The van der Waals surface area contributed by atoms with Crippen LogP contribution in [0, 0.1) is 17.2 Å². The van der Waals surface area contributed by atoms with Crippen LogP contribution in [-0.2, 0) is 6.54 Å². The molecular formula is C11H14N2. The van der Waals surface area contributed by atoms with Crippen LogP contribution in [0.5, 0.6) is 0 Å². The highest BCUT2D eigenvalue weighted by atomic mass is 14.8. The maximum Gasteiger partial charge on any atom is 0.0666 e. The first-order chi connectivity index (χ1) is 6.33. The molecule has 1 aromatic carbocycles. The number of benzene rings is 1. The second-order valence-electron chi connectivity index (χ2n) is 3.15. The fraction of sp³-hybridized carbons (Fsp3) is 0.364. The molecular weight excluding hydrogens is 160 g/mol. The van der Waals surface area contributed by atoms with Crippen LogP contribution in [0.3, 0.4) is 0 Å². The Balaban J connectivity index is 2.25. The summed E-state index contributed by atoms with van der Waals surface area (Å²) in [6, 6.07) is 12.4. The molecule has 0 saturated heterocycles. The van der Waals surface area contributed by atoms with Gasteiger partial charge in [0.05, 0.1) is 12.0 Å². The Hall–Kier alpha value is -1.33. The molecule has 2 nitrogen and oxygen atoms in total. The molecule has 1 aromatic rings. The third-order valence-electron chi connectivity index (χ3n) is 1.84. The maximum absolute atomic E-state index is 8.54. The van der Waals surface area contributed by atoms with Crippen LogP contribution in [0.25, 0.3) is 0 Å². The van der Waals surface area contributed by atoms with E-state index in [-0.39, 0.29) is 5.92 Å². The third kappa shape index (κ3) is 3.73. The van der Waals surface area contributed by atoms with Gasteiger partial charge in [0, 0.05) is 13.1 Å². The highest BCUT2D eigenvalue weighted by Crippen LogP contribution is 1.97. The lowest BCUT2D eigenvalue weighted by Gasteiger charge is -2.05. The zero-order chi connectivity index (χ0) is 9.52. The molecule has 0 aliphatic rings. The van der Waals surface area contributed by atoms with Gasteiger partial charge in [-0.3, -0.25) is 0 Å². The third-order valence-corrected chi connectivity index (χ3v) is 1.84. The molecule has 68 valence electrons. The molecule has 2 heteroatoms. The Morgan fingerprint density at radius 3 is 2.69 bits per heavy atom. The van der Waals surface area contributed by atoms with Crippen molar-refractivity contribution in [1.29, 1.82) is 5.26 Å². The molecule has 13 heavy (non-hydrogen) atoms. The fourth-order valence-corrected chi connectivity index (χ4v) is 1.07. The lowest BCUT2D eigenvalue weighted by Crippen LogP contribution is -2.19. The van der Waals surface area contributed by atoms with Gasteiger partial charge in [-0.2, -0.15) is 5.26 Å². The molecule has 0 spiro atoms. The first kappa shape index (κ1) is 9.76. The first-order valence-corrected chi connectivity index (χ1v) is 4.47. The van der Waals surface area contributed by atoms with Crippen LogP contribution in [0.2, 0.25) is 0 Å². The number of nitrogens with zero attached hydrogens (tertiary/aromatic N) is 1. The van der Waals surface area contributed by atoms with E-state index in [0.717, 1.165) is 13.1 Å². The molecule has 1 N–H and O–H groups in total. The van der Waals surface area contributed by atoms with Gasteiger partial charge in [-0.1, -0.05) is 30.3 Å². The highest BCUT2D eigenvalue weighted by Gasteiger charge is 1.97. The topological polar surface area (TPSA) is 35.8 Å². The predicted molar refractivity (Wildman–Crippen MR) is 52.9 cm³/mol. The van der Waals surface area contributed by atoms with Crippen molar-refractivity contribution in [3.8, 4) is 6.07 Å². The molecule has 0 aliphatic heterocycles. The van der Waals surface area contributed by atoms with Gasteiger partial charge in [0.2, 0.25) is 0 Å². The van der Waals surface area contributed by atoms with Crippen molar-refractivity contribution in [2.45, 2.75) is 13.5 Å². The maximum atomic E-state index is 8.54. The van der Waals surface area contributed by atoms with Crippen LogP contribution in [0.15, 0.2) is 30.3 Å². The van der Waals surface area contributed by atoms with E-state index in [9.17, 15) is 0 Å². The summed E-state index contributed by atoms with van der Waals surface area (Å²) in [5.74, 6) is 0.0868. The number of hydrogen-bond donors (Lipinski definition) is 1. The molecule has 0 bridgehead atoms. The average Bonchev–Trinajstić information content (AvgIpc) is 2.19. The predicted octanol–water partition coefficient (Wildman–Crippen LogP) is 1.94. The minimum absolute atomic E-state index is 0.0868. The quantitative estimate of drug-likeness (QED) is 0.757. The van der Waals surface area contributed by atoms with Crippen molar-refractivity contribution in [3.05, 3.63) is 35.9 Å². The molecule has 0 aliphatic carbocycles. The molecule has 0 heterocycles. The van der Waals surface area contributed by atoms with E-state index in [1.54, 1.807) is 0 Å². The fourth-order valence-electron chi connectivity index (χ4n) is 1.07. The summed E-state index contributed by atoms with van der Waals surface area (Å²) in [7, 11) is 0. The molecule has 1 atom stereocenters. The minimum Gasteiger partial charge on any atom is -0.311 e. The molecule has 0 radical (unpaired) electrons. The van der Waals surface area contributed by atoms with Gasteiger partial charge in [0.15, 0.2) is 0 Å². The second-order valence-corrected chi connectivity index (χ2v) is 3.15. The second kappa shape index (κ2) is 5.34. The number of rotatable bonds is 4. The normalized spacial score (nSPS) is 12.0. The van der Waals surface area contributed by atoms with Gasteiger partial charge in [0.1, 0.15) is 0 Å².